The molecule has 1 aliphatic rings. The van der Waals surface area contributed by atoms with Gasteiger partial charge in [0.2, 0.25) is 0 Å². The Hall–Kier alpha value is -2.62. The SMILES string of the molecule is Cc1c(C)c(C)c(C(=O)OCC(=O)N2CCCc3ccccc32)c(C)c1C. The largest absolute Gasteiger partial charge is 0.452 e. The zero-order valence-electron chi connectivity index (χ0n) is 16.8. The molecule has 0 unspecified atom stereocenters. The number of para-hydroxylation sites is 1. The van der Waals surface area contributed by atoms with E-state index in [0.717, 1.165) is 40.8 Å². The summed E-state index contributed by atoms with van der Waals surface area (Å²) in [7, 11) is 0. The minimum Gasteiger partial charge on any atom is -0.452 e. The number of esters is 1. The third kappa shape index (κ3) is 3.48. The first-order valence-electron chi connectivity index (χ1n) is 9.45. The minimum atomic E-state index is -0.421. The molecule has 0 radical (unpaired) electrons. The van der Waals surface area contributed by atoms with Gasteiger partial charge in [-0.3, -0.25) is 4.79 Å². The first-order chi connectivity index (χ1) is 12.8. The molecule has 0 fully saturated rings. The molecule has 1 aliphatic heterocycles. The molecule has 1 amide bonds. The number of aryl methyl sites for hydroxylation is 1. The predicted octanol–water partition coefficient (Wildman–Crippen LogP) is 4.36. The van der Waals surface area contributed by atoms with Gasteiger partial charge in [-0.05, 0) is 86.9 Å². The first-order valence-corrected chi connectivity index (χ1v) is 9.45. The maximum atomic E-state index is 12.7. The maximum absolute atomic E-state index is 12.7. The normalized spacial score (nSPS) is 13.3. The smallest absolute Gasteiger partial charge is 0.339 e. The zero-order chi connectivity index (χ0) is 19.7. The molecule has 0 spiro atoms. The summed E-state index contributed by atoms with van der Waals surface area (Å²) in [6.45, 7) is 10.4. The first kappa shape index (κ1) is 19.2. The lowest BCUT2D eigenvalue weighted by Gasteiger charge is -2.29. The van der Waals surface area contributed by atoms with E-state index in [1.807, 2.05) is 52.0 Å². The summed E-state index contributed by atoms with van der Waals surface area (Å²) in [6, 6.07) is 7.92. The van der Waals surface area contributed by atoms with Crippen LogP contribution in [0.3, 0.4) is 0 Å². The van der Waals surface area contributed by atoms with Crippen LogP contribution in [0.2, 0.25) is 0 Å². The van der Waals surface area contributed by atoms with Gasteiger partial charge in [0.05, 0.1) is 5.56 Å². The minimum absolute atomic E-state index is 0.175. The van der Waals surface area contributed by atoms with Crippen LogP contribution in [0.25, 0.3) is 0 Å². The second-order valence-electron chi connectivity index (χ2n) is 7.35. The van der Waals surface area contributed by atoms with Crippen molar-refractivity contribution in [3.05, 3.63) is 63.2 Å². The Bertz CT molecular complexity index is 885. The summed E-state index contributed by atoms with van der Waals surface area (Å²) in [5, 5.41) is 0. The number of ether oxygens (including phenoxy) is 1. The molecule has 0 aliphatic carbocycles. The van der Waals surface area contributed by atoms with Gasteiger partial charge >= 0.3 is 5.97 Å². The van der Waals surface area contributed by atoms with E-state index in [1.165, 1.54) is 11.1 Å². The highest BCUT2D eigenvalue weighted by Crippen LogP contribution is 2.28. The molecule has 0 atom stereocenters. The lowest BCUT2D eigenvalue weighted by atomic mass is 9.90. The number of carbonyl (C=O) groups excluding carboxylic acids is 2. The summed E-state index contributed by atoms with van der Waals surface area (Å²) in [6.07, 6.45) is 1.89. The zero-order valence-corrected chi connectivity index (χ0v) is 16.8. The maximum Gasteiger partial charge on any atom is 0.339 e. The molecule has 0 saturated heterocycles. The molecule has 0 aromatic heterocycles. The highest BCUT2D eigenvalue weighted by molar-refractivity contribution is 5.99. The van der Waals surface area contributed by atoms with E-state index in [-0.39, 0.29) is 12.5 Å². The summed E-state index contributed by atoms with van der Waals surface area (Å²) >= 11 is 0. The van der Waals surface area contributed by atoms with Crippen molar-refractivity contribution in [3.8, 4) is 0 Å². The molecule has 142 valence electrons. The molecule has 0 saturated carbocycles. The highest BCUT2D eigenvalue weighted by Gasteiger charge is 2.25. The third-order valence-electron chi connectivity index (χ3n) is 5.94. The Kier molecular flexibility index (Phi) is 5.36. The molecule has 2 aromatic carbocycles. The van der Waals surface area contributed by atoms with Crippen LogP contribution < -0.4 is 4.90 Å². The van der Waals surface area contributed by atoms with Crippen molar-refractivity contribution >= 4 is 17.6 Å². The molecule has 1 heterocycles. The lowest BCUT2D eigenvalue weighted by Crippen LogP contribution is -2.38. The number of anilines is 1. The average molecular weight is 365 g/mol. The molecule has 27 heavy (non-hydrogen) atoms. The highest BCUT2D eigenvalue weighted by atomic mass is 16.5. The number of benzene rings is 2. The van der Waals surface area contributed by atoms with Crippen LogP contribution in [0.4, 0.5) is 5.69 Å². The Balaban J connectivity index is 1.77. The number of fused-ring (bicyclic) bond motifs is 1. The fourth-order valence-electron chi connectivity index (χ4n) is 3.88. The van der Waals surface area contributed by atoms with E-state index in [2.05, 4.69) is 6.92 Å². The van der Waals surface area contributed by atoms with Crippen molar-refractivity contribution in [2.24, 2.45) is 0 Å². The van der Waals surface area contributed by atoms with Crippen LogP contribution >= 0.6 is 0 Å². The topological polar surface area (TPSA) is 46.6 Å². The second-order valence-corrected chi connectivity index (χ2v) is 7.35. The van der Waals surface area contributed by atoms with E-state index >= 15 is 0 Å². The van der Waals surface area contributed by atoms with Crippen LogP contribution in [-0.2, 0) is 16.0 Å². The molecular formula is C23H27NO3. The van der Waals surface area contributed by atoms with Crippen molar-refractivity contribution in [1.82, 2.24) is 0 Å². The van der Waals surface area contributed by atoms with Gasteiger partial charge in [-0.1, -0.05) is 18.2 Å². The quantitative estimate of drug-likeness (QED) is 0.759. The Morgan fingerprint density at radius 3 is 2.19 bits per heavy atom. The van der Waals surface area contributed by atoms with Crippen LogP contribution in [0, 0.1) is 34.6 Å². The van der Waals surface area contributed by atoms with Crippen molar-refractivity contribution in [3.63, 3.8) is 0 Å². The molecule has 0 bridgehead atoms. The molecule has 4 heteroatoms. The van der Waals surface area contributed by atoms with E-state index < -0.39 is 5.97 Å². The van der Waals surface area contributed by atoms with E-state index in [4.69, 9.17) is 4.74 Å². The standard InChI is InChI=1S/C23H27NO3/c1-14-15(2)17(4)22(18(5)16(14)3)23(26)27-13-21(25)24-12-8-10-19-9-6-7-11-20(19)24/h6-7,9,11H,8,10,12-13H2,1-5H3. The van der Waals surface area contributed by atoms with Crippen LogP contribution in [0.5, 0.6) is 0 Å². The Morgan fingerprint density at radius 2 is 1.52 bits per heavy atom. The molecule has 2 aromatic rings. The van der Waals surface area contributed by atoms with Gasteiger partial charge < -0.3 is 9.64 Å². The van der Waals surface area contributed by atoms with Gasteiger partial charge in [0, 0.05) is 12.2 Å². The number of carbonyl (C=O) groups is 2. The van der Waals surface area contributed by atoms with Crippen LogP contribution in [-0.4, -0.2) is 25.0 Å². The summed E-state index contributed by atoms with van der Waals surface area (Å²) in [5.74, 6) is -0.596. The molecule has 3 rings (SSSR count). The molecule has 4 nitrogen and oxygen atoms in total. The van der Waals surface area contributed by atoms with Crippen LogP contribution in [0.15, 0.2) is 24.3 Å². The average Bonchev–Trinajstić information content (AvgIpc) is 2.68. The number of rotatable bonds is 3. The summed E-state index contributed by atoms with van der Waals surface area (Å²) in [4.78, 5) is 27.2. The Labute approximate surface area is 161 Å². The third-order valence-corrected chi connectivity index (χ3v) is 5.94. The van der Waals surface area contributed by atoms with Gasteiger partial charge in [0.1, 0.15) is 0 Å². The van der Waals surface area contributed by atoms with E-state index in [1.54, 1.807) is 4.90 Å². The van der Waals surface area contributed by atoms with Gasteiger partial charge in [0.25, 0.3) is 5.91 Å². The van der Waals surface area contributed by atoms with Gasteiger partial charge in [-0.15, -0.1) is 0 Å². The molecular weight excluding hydrogens is 338 g/mol. The summed E-state index contributed by atoms with van der Waals surface area (Å²) < 4.78 is 5.44. The number of hydrogen-bond acceptors (Lipinski definition) is 3. The van der Waals surface area contributed by atoms with Crippen LogP contribution in [0.1, 0.15) is 50.2 Å². The van der Waals surface area contributed by atoms with Gasteiger partial charge in [-0.25, -0.2) is 4.79 Å². The van der Waals surface area contributed by atoms with Crippen molar-refractivity contribution in [2.75, 3.05) is 18.1 Å². The fraction of sp³-hybridized carbons (Fsp3) is 0.391. The van der Waals surface area contributed by atoms with Crippen molar-refractivity contribution < 1.29 is 14.3 Å². The number of hydrogen-bond donors (Lipinski definition) is 0. The van der Waals surface area contributed by atoms with Crippen molar-refractivity contribution in [2.45, 2.75) is 47.5 Å². The second kappa shape index (κ2) is 7.55. The van der Waals surface area contributed by atoms with Crippen molar-refractivity contribution in [1.29, 1.82) is 0 Å². The lowest BCUT2D eigenvalue weighted by molar-refractivity contribution is -0.121. The fourth-order valence-corrected chi connectivity index (χ4v) is 3.88. The Morgan fingerprint density at radius 1 is 0.926 bits per heavy atom. The van der Waals surface area contributed by atoms with Gasteiger partial charge in [0.15, 0.2) is 6.61 Å². The summed E-state index contributed by atoms with van der Waals surface area (Å²) in [5.41, 5.74) is 7.93. The number of amides is 1. The predicted molar refractivity (Wildman–Crippen MR) is 108 cm³/mol. The van der Waals surface area contributed by atoms with Gasteiger partial charge in [-0.2, -0.15) is 0 Å². The molecule has 0 N–H and O–H groups in total. The number of nitrogens with zero attached hydrogens (tertiary/aromatic N) is 1. The van der Waals surface area contributed by atoms with E-state index in [9.17, 15) is 9.59 Å². The van der Waals surface area contributed by atoms with E-state index in [0.29, 0.717) is 12.1 Å². The monoisotopic (exact) mass is 365 g/mol.